The number of halogens is 2. The third-order valence-corrected chi connectivity index (χ3v) is 3.41. The van der Waals surface area contributed by atoms with Crippen LogP contribution in [-0.2, 0) is 7.05 Å². The lowest BCUT2D eigenvalue weighted by Crippen LogP contribution is -2.04. The Hall–Kier alpha value is -2.82. The zero-order valence-electron chi connectivity index (χ0n) is 11.8. The van der Waals surface area contributed by atoms with E-state index in [-0.39, 0.29) is 11.6 Å². The van der Waals surface area contributed by atoms with Gasteiger partial charge in [0.25, 0.3) is 0 Å². The summed E-state index contributed by atoms with van der Waals surface area (Å²) in [6.07, 6.45) is 1.46. The van der Waals surface area contributed by atoms with E-state index in [1.807, 2.05) is 0 Å². The molecule has 0 radical (unpaired) electrons. The molecule has 1 aromatic heterocycles. The van der Waals surface area contributed by atoms with Gasteiger partial charge in [-0.3, -0.25) is 9.48 Å². The summed E-state index contributed by atoms with van der Waals surface area (Å²) >= 11 is 0. The predicted molar refractivity (Wildman–Crippen MR) is 78.4 cm³/mol. The minimum absolute atomic E-state index is 0.257. The van der Waals surface area contributed by atoms with E-state index >= 15 is 0 Å². The maximum atomic E-state index is 13.1. The molecular formula is C17H12F2N2O. The smallest absolute Gasteiger partial charge is 0.196 e. The van der Waals surface area contributed by atoms with E-state index in [1.165, 1.54) is 42.6 Å². The molecule has 110 valence electrons. The first-order valence-electron chi connectivity index (χ1n) is 6.64. The number of benzene rings is 2. The molecule has 0 atom stereocenters. The van der Waals surface area contributed by atoms with Crippen LogP contribution in [-0.4, -0.2) is 15.6 Å². The lowest BCUT2D eigenvalue weighted by molar-refractivity contribution is 0.103. The zero-order chi connectivity index (χ0) is 15.7. The van der Waals surface area contributed by atoms with Crippen LogP contribution in [0.5, 0.6) is 0 Å². The van der Waals surface area contributed by atoms with Crippen LogP contribution >= 0.6 is 0 Å². The van der Waals surface area contributed by atoms with E-state index in [9.17, 15) is 13.6 Å². The summed E-state index contributed by atoms with van der Waals surface area (Å²) in [7, 11) is 1.71. The first-order chi connectivity index (χ1) is 10.6. The molecule has 0 aliphatic carbocycles. The van der Waals surface area contributed by atoms with Gasteiger partial charge in [0.15, 0.2) is 5.78 Å². The molecule has 0 N–H and O–H groups in total. The second-order valence-electron chi connectivity index (χ2n) is 4.87. The summed E-state index contributed by atoms with van der Waals surface area (Å²) < 4.78 is 27.6. The number of rotatable bonds is 3. The van der Waals surface area contributed by atoms with Crippen LogP contribution in [0.3, 0.4) is 0 Å². The Morgan fingerprint density at radius 3 is 2.09 bits per heavy atom. The summed E-state index contributed by atoms with van der Waals surface area (Å²) in [5, 5.41) is 4.11. The molecule has 3 nitrogen and oxygen atoms in total. The molecule has 3 rings (SSSR count). The van der Waals surface area contributed by atoms with Crippen LogP contribution in [0.2, 0.25) is 0 Å². The fourth-order valence-electron chi connectivity index (χ4n) is 2.31. The van der Waals surface area contributed by atoms with Gasteiger partial charge in [-0.25, -0.2) is 8.78 Å². The minimum Gasteiger partial charge on any atom is -0.288 e. The number of carbonyl (C=O) groups is 1. The van der Waals surface area contributed by atoms with Gasteiger partial charge in [-0.1, -0.05) is 0 Å². The van der Waals surface area contributed by atoms with E-state index in [1.54, 1.807) is 23.9 Å². The van der Waals surface area contributed by atoms with Crippen molar-refractivity contribution in [1.82, 2.24) is 9.78 Å². The Balaban J connectivity index is 2.07. The Bertz CT molecular complexity index is 821. The van der Waals surface area contributed by atoms with Crippen molar-refractivity contribution in [3.63, 3.8) is 0 Å². The van der Waals surface area contributed by atoms with Crippen molar-refractivity contribution >= 4 is 5.78 Å². The molecule has 22 heavy (non-hydrogen) atoms. The van der Waals surface area contributed by atoms with Gasteiger partial charge in [-0.15, -0.1) is 0 Å². The van der Waals surface area contributed by atoms with Crippen molar-refractivity contribution in [3.05, 3.63) is 77.5 Å². The van der Waals surface area contributed by atoms with Crippen LogP contribution in [0.25, 0.3) is 11.3 Å². The van der Waals surface area contributed by atoms with Gasteiger partial charge in [0, 0.05) is 18.2 Å². The van der Waals surface area contributed by atoms with Gasteiger partial charge in [0.05, 0.1) is 17.5 Å². The molecule has 0 fully saturated rings. The maximum Gasteiger partial charge on any atom is 0.196 e. The SMILES string of the molecule is Cn1ncc(C(=O)c2ccc(F)cc2)c1-c1ccc(F)cc1. The molecule has 5 heteroatoms. The van der Waals surface area contributed by atoms with Gasteiger partial charge in [-0.05, 0) is 48.5 Å². The lowest BCUT2D eigenvalue weighted by Gasteiger charge is -2.06. The summed E-state index contributed by atoms with van der Waals surface area (Å²) in [4.78, 5) is 12.6. The van der Waals surface area contributed by atoms with E-state index in [0.717, 1.165) is 0 Å². The van der Waals surface area contributed by atoms with Crippen LogP contribution < -0.4 is 0 Å². The number of nitrogens with zero attached hydrogens (tertiary/aromatic N) is 2. The average molecular weight is 298 g/mol. The highest BCUT2D eigenvalue weighted by atomic mass is 19.1. The molecule has 0 aliphatic heterocycles. The van der Waals surface area contributed by atoms with Gasteiger partial charge < -0.3 is 0 Å². The largest absolute Gasteiger partial charge is 0.288 e. The third-order valence-electron chi connectivity index (χ3n) is 3.41. The molecular weight excluding hydrogens is 286 g/mol. The second kappa shape index (κ2) is 5.52. The van der Waals surface area contributed by atoms with E-state index in [0.29, 0.717) is 22.4 Å². The van der Waals surface area contributed by atoms with E-state index in [2.05, 4.69) is 5.10 Å². The van der Waals surface area contributed by atoms with Gasteiger partial charge >= 0.3 is 0 Å². The highest BCUT2D eigenvalue weighted by Gasteiger charge is 2.19. The zero-order valence-corrected chi connectivity index (χ0v) is 11.8. The van der Waals surface area contributed by atoms with Gasteiger partial charge in [0.2, 0.25) is 0 Å². The molecule has 1 heterocycles. The summed E-state index contributed by atoms with van der Waals surface area (Å²) in [6.45, 7) is 0. The van der Waals surface area contributed by atoms with Crippen molar-refractivity contribution < 1.29 is 13.6 Å². The van der Waals surface area contributed by atoms with E-state index in [4.69, 9.17) is 0 Å². The molecule has 0 bridgehead atoms. The number of hydrogen-bond donors (Lipinski definition) is 0. The quantitative estimate of drug-likeness (QED) is 0.693. The van der Waals surface area contributed by atoms with Crippen LogP contribution in [0, 0.1) is 11.6 Å². The number of hydrogen-bond acceptors (Lipinski definition) is 2. The van der Waals surface area contributed by atoms with Crippen molar-refractivity contribution in [1.29, 1.82) is 0 Å². The highest BCUT2D eigenvalue weighted by Crippen LogP contribution is 2.25. The van der Waals surface area contributed by atoms with Crippen molar-refractivity contribution in [2.75, 3.05) is 0 Å². The first kappa shape index (κ1) is 14.1. The number of aromatic nitrogens is 2. The molecule has 0 amide bonds. The fourth-order valence-corrected chi connectivity index (χ4v) is 2.31. The summed E-state index contributed by atoms with van der Waals surface area (Å²) in [5.41, 5.74) is 2.04. The highest BCUT2D eigenvalue weighted by molar-refractivity contribution is 6.12. The molecule has 0 spiro atoms. The third kappa shape index (κ3) is 2.53. The standard InChI is InChI=1S/C17H12F2N2O/c1-21-16(11-2-6-13(18)7-3-11)15(10-20-21)17(22)12-4-8-14(19)9-5-12/h2-10H,1H3. The first-order valence-corrected chi connectivity index (χ1v) is 6.64. The molecule has 0 unspecified atom stereocenters. The van der Waals surface area contributed by atoms with Crippen molar-refractivity contribution in [2.45, 2.75) is 0 Å². The van der Waals surface area contributed by atoms with Crippen LogP contribution in [0.1, 0.15) is 15.9 Å². The molecule has 0 aliphatic rings. The minimum atomic E-state index is -0.401. The average Bonchev–Trinajstić information content (AvgIpc) is 2.90. The normalized spacial score (nSPS) is 10.7. The van der Waals surface area contributed by atoms with Crippen molar-refractivity contribution in [2.24, 2.45) is 7.05 Å². The van der Waals surface area contributed by atoms with Crippen molar-refractivity contribution in [3.8, 4) is 11.3 Å². The maximum absolute atomic E-state index is 13.1. The van der Waals surface area contributed by atoms with Crippen LogP contribution in [0.4, 0.5) is 8.78 Å². The molecule has 2 aromatic carbocycles. The Morgan fingerprint density at radius 2 is 1.50 bits per heavy atom. The van der Waals surface area contributed by atoms with E-state index < -0.39 is 5.82 Å². The number of carbonyl (C=O) groups excluding carboxylic acids is 1. The summed E-state index contributed by atoms with van der Waals surface area (Å²) in [6, 6.07) is 11.2. The lowest BCUT2D eigenvalue weighted by atomic mass is 10.00. The second-order valence-corrected chi connectivity index (χ2v) is 4.87. The number of ketones is 1. The topological polar surface area (TPSA) is 34.9 Å². The molecule has 3 aromatic rings. The Labute approximate surface area is 125 Å². The molecule has 0 saturated carbocycles. The number of aryl methyl sites for hydroxylation is 1. The van der Waals surface area contributed by atoms with Gasteiger partial charge in [-0.2, -0.15) is 5.10 Å². The Kier molecular flexibility index (Phi) is 3.55. The fraction of sp³-hybridized carbons (Fsp3) is 0.0588. The Morgan fingerprint density at radius 1 is 0.955 bits per heavy atom. The monoisotopic (exact) mass is 298 g/mol. The molecule has 0 saturated heterocycles. The van der Waals surface area contributed by atoms with Gasteiger partial charge in [0.1, 0.15) is 11.6 Å². The van der Waals surface area contributed by atoms with Crippen LogP contribution in [0.15, 0.2) is 54.7 Å². The summed E-state index contributed by atoms with van der Waals surface area (Å²) in [5.74, 6) is -1.01. The predicted octanol–water partition coefficient (Wildman–Crippen LogP) is 3.60.